The summed E-state index contributed by atoms with van der Waals surface area (Å²) in [6.45, 7) is 3.68. The monoisotopic (exact) mass is 401 g/mol. The minimum Gasteiger partial charge on any atom is -0.359 e. The lowest BCUT2D eigenvalue weighted by Gasteiger charge is -2.35. The lowest BCUT2D eigenvalue weighted by Crippen LogP contribution is -2.35. The number of fused-ring (bicyclic) bond motifs is 2. The second-order valence-corrected chi connectivity index (χ2v) is 8.86. The van der Waals surface area contributed by atoms with Gasteiger partial charge in [0.1, 0.15) is 11.3 Å². The van der Waals surface area contributed by atoms with E-state index in [4.69, 9.17) is 4.98 Å². The highest BCUT2D eigenvalue weighted by molar-refractivity contribution is 7.22. The molecule has 9 heteroatoms. The highest BCUT2D eigenvalue weighted by atomic mass is 32.1. The van der Waals surface area contributed by atoms with Crippen LogP contribution in [0.1, 0.15) is 44.0 Å². The molecule has 1 aliphatic heterocycles. The number of thiazole rings is 1. The third-order valence-corrected chi connectivity index (χ3v) is 6.41. The zero-order valence-corrected chi connectivity index (χ0v) is 16.0. The van der Waals surface area contributed by atoms with Gasteiger partial charge in [-0.25, -0.2) is 18.7 Å². The number of carbonyl (C=O) groups excluding carboxylic acids is 1. The maximum Gasteiger partial charge on any atom is 0.237 e. The number of rotatable bonds is 3. The summed E-state index contributed by atoms with van der Waals surface area (Å²) in [4.78, 5) is 25.3. The first-order chi connectivity index (χ1) is 13.3. The number of carbonyl (C=O) groups is 1. The Morgan fingerprint density at radius 3 is 2.82 bits per heavy atom. The molecule has 3 aromatic rings. The molecule has 1 aliphatic carbocycles. The summed E-state index contributed by atoms with van der Waals surface area (Å²) in [7, 11) is 0. The molecule has 2 aliphatic rings. The van der Waals surface area contributed by atoms with Crippen LogP contribution in [0.2, 0.25) is 0 Å². The summed E-state index contributed by atoms with van der Waals surface area (Å²) in [6.07, 6.45) is 3.39. The van der Waals surface area contributed by atoms with E-state index in [2.05, 4.69) is 20.6 Å². The van der Waals surface area contributed by atoms with Crippen LogP contribution in [0.3, 0.4) is 0 Å². The smallest absolute Gasteiger partial charge is 0.237 e. The third kappa shape index (κ3) is 2.64. The molecule has 2 N–H and O–H groups in total. The summed E-state index contributed by atoms with van der Waals surface area (Å²) >= 11 is 1.24. The number of benzene rings is 1. The van der Waals surface area contributed by atoms with Crippen molar-refractivity contribution in [1.82, 2.24) is 15.0 Å². The van der Waals surface area contributed by atoms with Crippen molar-refractivity contribution >= 4 is 38.4 Å². The number of nitrogens with zero attached hydrogens (tertiary/aromatic N) is 3. The number of hydrogen-bond donors (Lipinski definition) is 2. The van der Waals surface area contributed by atoms with E-state index in [1.54, 1.807) is 6.20 Å². The Balaban J connectivity index is 1.29. The molecular weight excluding hydrogens is 384 g/mol. The molecule has 5 rings (SSSR count). The van der Waals surface area contributed by atoms with Gasteiger partial charge in [-0.3, -0.25) is 9.78 Å². The number of amides is 1. The molecule has 28 heavy (non-hydrogen) atoms. The Morgan fingerprint density at radius 1 is 1.25 bits per heavy atom. The first kappa shape index (κ1) is 17.4. The van der Waals surface area contributed by atoms with E-state index < -0.39 is 17.0 Å². The van der Waals surface area contributed by atoms with Crippen molar-refractivity contribution in [3.05, 3.63) is 41.4 Å². The van der Waals surface area contributed by atoms with Crippen LogP contribution < -0.4 is 10.6 Å². The third-order valence-electron chi connectivity index (χ3n) is 5.48. The van der Waals surface area contributed by atoms with Crippen molar-refractivity contribution in [2.45, 2.75) is 44.1 Å². The van der Waals surface area contributed by atoms with E-state index in [0.29, 0.717) is 21.3 Å². The highest BCUT2D eigenvalue weighted by Gasteiger charge is 2.42. The van der Waals surface area contributed by atoms with Crippen molar-refractivity contribution in [2.75, 3.05) is 10.6 Å². The van der Waals surface area contributed by atoms with Crippen LogP contribution in [0, 0.1) is 11.6 Å². The van der Waals surface area contributed by atoms with Crippen molar-refractivity contribution in [3.8, 4) is 0 Å². The molecule has 1 aromatic carbocycles. The maximum absolute atomic E-state index is 13.8. The summed E-state index contributed by atoms with van der Waals surface area (Å²) in [6, 6.07) is 2.32. The summed E-state index contributed by atoms with van der Waals surface area (Å²) < 4.78 is 27.6. The van der Waals surface area contributed by atoms with Gasteiger partial charge in [-0.05, 0) is 32.8 Å². The Morgan fingerprint density at radius 2 is 2.04 bits per heavy atom. The van der Waals surface area contributed by atoms with Crippen LogP contribution in [0.15, 0.2) is 18.3 Å². The van der Waals surface area contributed by atoms with Crippen molar-refractivity contribution in [1.29, 1.82) is 0 Å². The Bertz CT molecular complexity index is 1120. The predicted molar refractivity (Wildman–Crippen MR) is 103 cm³/mol. The topological polar surface area (TPSA) is 79.8 Å². The molecule has 0 radical (unpaired) electrons. The van der Waals surface area contributed by atoms with E-state index in [-0.39, 0.29) is 23.4 Å². The predicted octanol–water partition coefficient (Wildman–Crippen LogP) is 3.95. The Hall–Kier alpha value is -2.68. The molecule has 1 fully saturated rings. The number of hydrogen-bond acceptors (Lipinski definition) is 6. The van der Waals surface area contributed by atoms with Gasteiger partial charge in [0.25, 0.3) is 0 Å². The van der Waals surface area contributed by atoms with Gasteiger partial charge < -0.3 is 10.6 Å². The van der Waals surface area contributed by atoms with Gasteiger partial charge in [-0.2, -0.15) is 0 Å². The lowest BCUT2D eigenvalue weighted by atomic mass is 9.78. The number of halogens is 2. The molecule has 0 bridgehead atoms. The van der Waals surface area contributed by atoms with Gasteiger partial charge in [0, 0.05) is 18.0 Å². The lowest BCUT2D eigenvalue weighted by molar-refractivity contribution is -0.119. The minimum atomic E-state index is -0.680. The van der Waals surface area contributed by atoms with Crippen LogP contribution in [-0.2, 0) is 10.2 Å². The van der Waals surface area contributed by atoms with E-state index in [9.17, 15) is 13.6 Å². The number of anilines is 2. The maximum atomic E-state index is 13.8. The molecular formula is C19H17F2N5OS. The fourth-order valence-electron chi connectivity index (χ4n) is 3.67. The van der Waals surface area contributed by atoms with Gasteiger partial charge in [-0.15, -0.1) is 0 Å². The normalized spacial score (nSPS) is 22.6. The van der Waals surface area contributed by atoms with Crippen LogP contribution in [-0.4, -0.2) is 26.9 Å². The first-order valence-corrected chi connectivity index (χ1v) is 9.84. The molecule has 6 nitrogen and oxygen atoms in total. The quantitative estimate of drug-likeness (QED) is 0.695. The van der Waals surface area contributed by atoms with Crippen LogP contribution >= 0.6 is 11.3 Å². The largest absolute Gasteiger partial charge is 0.359 e. The second-order valence-electron chi connectivity index (χ2n) is 7.83. The average Bonchev–Trinajstić information content (AvgIpc) is 3.10. The molecule has 0 saturated heterocycles. The van der Waals surface area contributed by atoms with Gasteiger partial charge in [0.15, 0.2) is 16.8 Å². The van der Waals surface area contributed by atoms with Gasteiger partial charge in [-0.1, -0.05) is 11.3 Å². The number of aromatic nitrogens is 3. The molecule has 0 atom stereocenters. The molecule has 3 heterocycles. The standard InChI is InChI=1S/C19H17F2N5OS/c1-19(2)15-16(26-17(19)27)22-7-12(24-15)8-3-10(4-8)23-18-25-14-11(21)5-9(20)6-13(14)28-18/h5-8,10H,3-4H2,1-2H3,(H,23,25)(H,22,26,27). The van der Waals surface area contributed by atoms with Crippen molar-refractivity contribution < 1.29 is 13.6 Å². The van der Waals surface area contributed by atoms with Crippen molar-refractivity contribution in [3.63, 3.8) is 0 Å². The SMILES string of the molecule is CC1(C)C(=O)Nc2ncc(C3CC(Nc4nc5c(F)cc(F)cc5s4)C3)nc21. The molecule has 1 amide bonds. The van der Waals surface area contributed by atoms with Crippen LogP contribution in [0.5, 0.6) is 0 Å². The summed E-state index contributed by atoms with van der Waals surface area (Å²) in [5.74, 6) is -0.561. The molecule has 1 saturated carbocycles. The first-order valence-electron chi connectivity index (χ1n) is 9.02. The van der Waals surface area contributed by atoms with Gasteiger partial charge in [0.05, 0.1) is 27.7 Å². The Kier molecular flexibility index (Phi) is 3.67. The van der Waals surface area contributed by atoms with Crippen molar-refractivity contribution in [2.24, 2.45) is 0 Å². The number of nitrogens with one attached hydrogen (secondary N) is 2. The van der Waals surface area contributed by atoms with E-state index in [1.807, 2.05) is 13.8 Å². The highest BCUT2D eigenvalue weighted by Crippen LogP contribution is 2.41. The van der Waals surface area contributed by atoms with Crippen LogP contribution in [0.25, 0.3) is 10.2 Å². The van der Waals surface area contributed by atoms with E-state index in [1.165, 1.54) is 17.4 Å². The Labute approximate surface area is 163 Å². The molecule has 2 aromatic heterocycles. The molecule has 0 unspecified atom stereocenters. The molecule has 144 valence electrons. The van der Waals surface area contributed by atoms with E-state index in [0.717, 1.165) is 24.6 Å². The average molecular weight is 401 g/mol. The minimum absolute atomic E-state index is 0.0905. The molecule has 0 spiro atoms. The summed E-state index contributed by atoms with van der Waals surface area (Å²) in [5.41, 5.74) is 1.07. The second kappa shape index (κ2) is 5.91. The summed E-state index contributed by atoms with van der Waals surface area (Å²) in [5, 5.41) is 6.64. The van der Waals surface area contributed by atoms with E-state index >= 15 is 0 Å². The fourth-order valence-corrected chi connectivity index (χ4v) is 4.65. The zero-order valence-electron chi connectivity index (χ0n) is 15.2. The zero-order chi connectivity index (χ0) is 19.6. The van der Waals surface area contributed by atoms with Crippen LogP contribution in [0.4, 0.5) is 19.7 Å². The fraction of sp³-hybridized carbons (Fsp3) is 0.368. The van der Waals surface area contributed by atoms with Gasteiger partial charge in [0.2, 0.25) is 5.91 Å². The van der Waals surface area contributed by atoms with Gasteiger partial charge >= 0.3 is 0 Å².